The molecule has 1 aliphatic rings. The molecule has 1 aliphatic heterocycles. The number of likely N-dealkylation sites (tertiary alicyclic amines) is 1. The van der Waals surface area contributed by atoms with E-state index >= 15 is 0 Å². The van der Waals surface area contributed by atoms with Crippen LogP contribution in [-0.2, 0) is 11.3 Å². The molecule has 0 radical (unpaired) electrons. The number of thiophene rings is 1. The van der Waals surface area contributed by atoms with Crippen molar-refractivity contribution in [1.82, 2.24) is 4.90 Å². The molecule has 0 bridgehead atoms. The van der Waals surface area contributed by atoms with E-state index in [0.29, 0.717) is 6.54 Å². The third kappa shape index (κ3) is 2.13. The Bertz CT molecular complexity index is 310. The summed E-state index contributed by atoms with van der Waals surface area (Å²) in [6, 6.07) is 2.10. The number of aliphatic carboxylic acids is 1. The Balaban J connectivity index is 1.87. The van der Waals surface area contributed by atoms with Crippen LogP contribution >= 0.6 is 11.3 Å². The smallest absolute Gasteiger partial charge is 0.307 e. The highest BCUT2D eigenvalue weighted by Crippen LogP contribution is 2.19. The molecule has 1 aromatic rings. The van der Waals surface area contributed by atoms with Crippen molar-refractivity contribution in [3.63, 3.8) is 0 Å². The molecule has 0 aliphatic carbocycles. The van der Waals surface area contributed by atoms with E-state index in [2.05, 4.69) is 21.7 Å². The second-order valence-corrected chi connectivity index (χ2v) is 4.47. The number of carboxylic acid groups (broad SMARTS) is 1. The number of rotatable bonds is 3. The fourth-order valence-electron chi connectivity index (χ4n) is 1.82. The Morgan fingerprint density at radius 1 is 1.71 bits per heavy atom. The van der Waals surface area contributed by atoms with Crippen LogP contribution in [0.2, 0.25) is 0 Å². The Hall–Kier alpha value is -0.870. The Labute approximate surface area is 87.0 Å². The van der Waals surface area contributed by atoms with E-state index in [9.17, 15) is 4.79 Å². The quantitative estimate of drug-likeness (QED) is 0.826. The zero-order chi connectivity index (χ0) is 9.97. The fraction of sp³-hybridized carbons (Fsp3) is 0.500. The average molecular weight is 211 g/mol. The van der Waals surface area contributed by atoms with Gasteiger partial charge in [0.05, 0.1) is 5.92 Å². The van der Waals surface area contributed by atoms with Crippen LogP contribution in [0.25, 0.3) is 0 Å². The first-order chi connectivity index (χ1) is 6.75. The average Bonchev–Trinajstić information content (AvgIpc) is 2.75. The van der Waals surface area contributed by atoms with Gasteiger partial charge in [-0.2, -0.15) is 11.3 Å². The highest BCUT2D eigenvalue weighted by molar-refractivity contribution is 7.07. The SMILES string of the molecule is O=C(O)[C@@H]1CCN(Cc2ccsc2)C1. The van der Waals surface area contributed by atoms with Crippen LogP contribution in [0, 0.1) is 5.92 Å². The van der Waals surface area contributed by atoms with Gasteiger partial charge in [-0.1, -0.05) is 0 Å². The molecule has 2 heterocycles. The van der Waals surface area contributed by atoms with Gasteiger partial charge in [0, 0.05) is 13.1 Å². The Kier molecular flexibility index (Phi) is 2.84. The standard InChI is InChI=1S/C10H13NO2S/c12-10(13)9-1-3-11(6-9)5-8-2-4-14-7-8/h2,4,7,9H,1,3,5-6H2,(H,12,13)/t9-/m1/s1. The third-order valence-electron chi connectivity index (χ3n) is 2.61. The zero-order valence-corrected chi connectivity index (χ0v) is 8.67. The second-order valence-electron chi connectivity index (χ2n) is 3.69. The molecule has 3 nitrogen and oxygen atoms in total. The van der Waals surface area contributed by atoms with Crippen molar-refractivity contribution < 1.29 is 9.90 Å². The highest BCUT2D eigenvalue weighted by Gasteiger charge is 2.27. The maximum Gasteiger partial charge on any atom is 0.307 e. The molecule has 2 rings (SSSR count). The summed E-state index contributed by atoms with van der Waals surface area (Å²) in [5.41, 5.74) is 1.29. The normalized spacial score (nSPS) is 22.7. The van der Waals surface area contributed by atoms with E-state index in [4.69, 9.17) is 5.11 Å². The lowest BCUT2D eigenvalue weighted by atomic mass is 10.1. The van der Waals surface area contributed by atoms with Gasteiger partial charge >= 0.3 is 5.97 Å². The van der Waals surface area contributed by atoms with Crippen molar-refractivity contribution in [2.24, 2.45) is 5.92 Å². The van der Waals surface area contributed by atoms with Crippen molar-refractivity contribution in [1.29, 1.82) is 0 Å². The molecule has 0 aromatic carbocycles. The highest BCUT2D eigenvalue weighted by atomic mass is 32.1. The predicted molar refractivity (Wildman–Crippen MR) is 55.3 cm³/mol. The summed E-state index contributed by atoms with van der Waals surface area (Å²) in [7, 11) is 0. The van der Waals surface area contributed by atoms with Gasteiger partial charge < -0.3 is 5.11 Å². The van der Waals surface area contributed by atoms with E-state index in [1.54, 1.807) is 11.3 Å². The maximum atomic E-state index is 10.7. The third-order valence-corrected chi connectivity index (χ3v) is 3.34. The van der Waals surface area contributed by atoms with Crippen LogP contribution in [0.15, 0.2) is 16.8 Å². The molecule has 0 unspecified atom stereocenters. The van der Waals surface area contributed by atoms with Gasteiger partial charge in [-0.3, -0.25) is 9.69 Å². The summed E-state index contributed by atoms with van der Waals surface area (Å²) < 4.78 is 0. The minimum Gasteiger partial charge on any atom is -0.481 e. The van der Waals surface area contributed by atoms with Crippen LogP contribution in [0.1, 0.15) is 12.0 Å². The molecule has 0 saturated carbocycles. The number of nitrogens with zero attached hydrogens (tertiary/aromatic N) is 1. The number of hydrogen-bond acceptors (Lipinski definition) is 3. The van der Waals surface area contributed by atoms with Gasteiger partial charge in [-0.25, -0.2) is 0 Å². The van der Waals surface area contributed by atoms with E-state index < -0.39 is 5.97 Å². The monoisotopic (exact) mass is 211 g/mol. The van der Waals surface area contributed by atoms with Crippen molar-refractivity contribution in [3.8, 4) is 0 Å². The summed E-state index contributed by atoms with van der Waals surface area (Å²) in [5.74, 6) is -0.813. The first-order valence-electron chi connectivity index (χ1n) is 4.72. The lowest BCUT2D eigenvalue weighted by molar-refractivity contribution is -0.141. The van der Waals surface area contributed by atoms with Crippen LogP contribution in [0.3, 0.4) is 0 Å². The summed E-state index contributed by atoms with van der Waals surface area (Å²) in [6.07, 6.45) is 0.791. The van der Waals surface area contributed by atoms with Crippen molar-refractivity contribution in [3.05, 3.63) is 22.4 Å². The zero-order valence-electron chi connectivity index (χ0n) is 7.85. The molecular formula is C10H13NO2S. The first-order valence-corrected chi connectivity index (χ1v) is 5.66. The molecule has 14 heavy (non-hydrogen) atoms. The van der Waals surface area contributed by atoms with Gasteiger partial charge in [0.1, 0.15) is 0 Å². The van der Waals surface area contributed by atoms with Gasteiger partial charge in [-0.15, -0.1) is 0 Å². The van der Waals surface area contributed by atoms with E-state index in [-0.39, 0.29) is 5.92 Å². The molecule has 76 valence electrons. The summed E-state index contributed by atoms with van der Waals surface area (Å²) in [4.78, 5) is 12.9. The van der Waals surface area contributed by atoms with E-state index in [1.807, 2.05) is 0 Å². The largest absolute Gasteiger partial charge is 0.481 e. The predicted octanol–water partition coefficient (Wildman–Crippen LogP) is 1.65. The minimum absolute atomic E-state index is 0.159. The van der Waals surface area contributed by atoms with Gasteiger partial charge in [-0.05, 0) is 35.4 Å². The molecule has 4 heteroatoms. The first kappa shape index (κ1) is 9.68. The maximum absolute atomic E-state index is 10.7. The Morgan fingerprint density at radius 2 is 2.57 bits per heavy atom. The van der Waals surface area contributed by atoms with Crippen LogP contribution < -0.4 is 0 Å². The van der Waals surface area contributed by atoms with Crippen molar-refractivity contribution in [2.75, 3.05) is 13.1 Å². The van der Waals surface area contributed by atoms with Crippen molar-refractivity contribution in [2.45, 2.75) is 13.0 Å². The number of carboxylic acids is 1. The van der Waals surface area contributed by atoms with Crippen LogP contribution in [0.4, 0.5) is 0 Å². The number of carbonyl (C=O) groups is 1. The molecule has 1 atom stereocenters. The lowest BCUT2D eigenvalue weighted by Gasteiger charge is -2.13. The molecule has 1 aromatic heterocycles. The topological polar surface area (TPSA) is 40.5 Å². The van der Waals surface area contributed by atoms with Gasteiger partial charge in [0.2, 0.25) is 0 Å². The molecule has 0 spiro atoms. The second kappa shape index (κ2) is 4.11. The fourth-order valence-corrected chi connectivity index (χ4v) is 2.48. The lowest BCUT2D eigenvalue weighted by Crippen LogP contribution is -2.22. The van der Waals surface area contributed by atoms with Crippen molar-refractivity contribution >= 4 is 17.3 Å². The molecule has 1 N–H and O–H groups in total. The Morgan fingerprint density at radius 3 is 3.14 bits per heavy atom. The molecule has 1 saturated heterocycles. The molecule has 1 fully saturated rings. The summed E-state index contributed by atoms with van der Waals surface area (Å²) in [6.45, 7) is 2.51. The van der Waals surface area contributed by atoms with E-state index in [1.165, 1.54) is 5.56 Å². The number of hydrogen-bond donors (Lipinski definition) is 1. The molecular weight excluding hydrogens is 198 g/mol. The van der Waals surface area contributed by atoms with Crippen LogP contribution in [-0.4, -0.2) is 29.1 Å². The van der Waals surface area contributed by atoms with Gasteiger partial charge in [0.15, 0.2) is 0 Å². The molecule has 0 amide bonds. The summed E-state index contributed by atoms with van der Waals surface area (Å²) >= 11 is 1.69. The van der Waals surface area contributed by atoms with Crippen LogP contribution in [0.5, 0.6) is 0 Å². The van der Waals surface area contributed by atoms with E-state index in [0.717, 1.165) is 19.5 Å². The summed E-state index contributed by atoms with van der Waals surface area (Å²) in [5, 5.41) is 13.0. The van der Waals surface area contributed by atoms with Gasteiger partial charge in [0.25, 0.3) is 0 Å². The minimum atomic E-state index is -0.655.